The molecule has 1 aromatic carbocycles. The molecule has 0 heterocycles. The van der Waals surface area contributed by atoms with E-state index in [0.29, 0.717) is 11.8 Å². The molecular weight excluding hydrogens is 246 g/mol. The van der Waals surface area contributed by atoms with E-state index in [2.05, 4.69) is 5.32 Å². The van der Waals surface area contributed by atoms with Crippen LogP contribution in [0.2, 0.25) is 0 Å². The van der Waals surface area contributed by atoms with Gasteiger partial charge in [0.25, 0.3) is 0 Å². The summed E-state index contributed by atoms with van der Waals surface area (Å²) in [6.07, 6.45) is 2.15. The van der Waals surface area contributed by atoms with Crippen LogP contribution in [-0.2, 0) is 9.59 Å². The number of thioether (sulfide) groups is 1. The molecule has 1 saturated carbocycles. The van der Waals surface area contributed by atoms with Crippen LogP contribution in [0.3, 0.4) is 0 Å². The van der Waals surface area contributed by atoms with E-state index in [0.717, 1.165) is 18.4 Å². The largest absolute Gasteiger partial charge is 0.352 e. The molecule has 0 saturated heterocycles. The highest BCUT2D eigenvalue weighted by Gasteiger charge is 2.28. The van der Waals surface area contributed by atoms with E-state index in [1.54, 1.807) is 6.92 Å². The molecule has 0 unspecified atom stereocenters. The Balaban J connectivity index is 2.05. The highest BCUT2D eigenvalue weighted by atomic mass is 32.2. The van der Waals surface area contributed by atoms with Crippen LogP contribution >= 0.6 is 11.8 Å². The Morgan fingerprint density at radius 3 is 2.56 bits per heavy atom. The van der Waals surface area contributed by atoms with Crippen LogP contribution in [0.1, 0.15) is 30.6 Å². The van der Waals surface area contributed by atoms with Gasteiger partial charge in [-0.2, -0.15) is 0 Å². The molecule has 0 spiro atoms. The smallest absolute Gasteiger partial charge is 0.237 e. The lowest BCUT2D eigenvalue weighted by atomic mass is 10.1. The molecule has 1 fully saturated rings. The van der Waals surface area contributed by atoms with Crippen molar-refractivity contribution in [1.82, 2.24) is 5.32 Å². The van der Waals surface area contributed by atoms with Gasteiger partial charge >= 0.3 is 0 Å². The summed E-state index contributed by atoms with van der Waals surface area (Å²) in [6, 6.07) is 9.98. The van der Waals surface area contributed by atoms with E-state index in [1.807, 2.05) is 30.3 Å². The molecular formula is C14H17NO2S. The molecule has 96 valence electrons. The van der Waals surface area contributed by atoms with Crippen LogP contribution in [0, 0.1) is 0 Å². The molecule has 0 aliphatic heterocycles. The predicted molar refractivity (Wildman–Crippen MR) is 73.5 cm³/mol. The highest BCUT2D eigenvalue weighted by molar-refractivity contribution is 8.00. The number of Topliss-reactive ketones (excluding diaryl/α,β-unsaturated/α-hetero) is 1. The van der Waals surface area contributed by atoms with E-state index in [1.165, 1.54) is 11.8 Å². The average molecular weight is 263 g/mol. The first-order valence-corrected chi connectivity index (χ1v) is 7.18. The maximum atomic E-state index is 12.2. The van der Waals surface area contributed by atoms with E-state index in [9.17, 15) is 9.59 Å². The summed E-state index contributed by atoms with van der Waals surface area (Å²) in [5, 5.41) is 2.72. The van der Waals surface area contributed by atoms with Crippen molar-refractivity contribution in [2.75, 3.05) is 5.75 Å². The van der Waals surface area contributed by atoms with Gasteiger partial charge in [-0.3, -0.25) is 9.59 Å². The number of amides is 1. The number of carbonyl (C=O) groups is 2. The number of nitrogens with one attached hydrogen (secondary N) is 1. The molecule has 1 N–H and O–H groups in total. The summed E-state index contributed by atoms with van der Waals surface area (Å²) < 4.78 is 0. The predicted octanol–water partition coefficient (Wildman–Crippen LogP) is 2.33. The van der Waals surface area contributed by atoms with Crippen molar-refractivity contribution < 1.29 is 9.59 Å². The second kappa shape index (κ2) is 6.05. The average Bonchev–Trinajstić information content (AvgIpc) is 3.14. The van der Waals surface area contributed by atoms with E-state index >= 15 is 0 Å². The Bertz CT molecular complexity index is 429. The van der Waals surface area contributed by atoms with Gasteiger partial charge in [0.05, 0.1) is 5.75 Å². The first-order valence-electron chi connectivity index (χ1n) is 6.13. The van der Waals surface area contributed by atoms with Crippen molar-refractivity contribution in [3.8, 4) is 0 Å². The zero-order valence-electron chi connectivity index (χ0n) is 10.4. The zero-order chi connectivity index (χ0) is 13.0. The van der Waals surface area contributed by atoms with E-state index in [-0.39, 0.29) is 16.9 Å². The molecule has 2 rings (SSSR count). The fourth-order valence-electron chi connectivity index (χ4n) is 1.66. The minimum absolute atomic E-state index is 0.0231. The monoisotopic (exact) mass is 263 g/mol. The maximum absolute atomic E-state index is 12.2. The summed E-state index contributed by atoms with van der Waals surface area (Å²) in [7, 11) is 0. The van der Waals surface area contributed by atoms with Gasteiger partial charge in [-0.05, 0) is 25.3 Å². The minimum Gasteiger partial charge on any atom is -0.352 e. The second-order valence-electron chi connectivity index (χ2n) is 4.59. The minimum atomic E-state index is -0.282. The molecule has 1 aromatic rings. The Labute approximate surface area is 111 Å². The van der Waals surface area contributed by atoms with Crippen LogP contribution in [0.4, 0.5) is 0 Å². The van der Waals surface area contributed by atoms with E-state index in [4.69, 9.17) is 0 Å². The van der Waals surface area contributed by atoms with Crippen LogP contribution in [0.15, 0.2) is 30.3 Å². The lowest BCUT2D eigenvalue weighted by Crippen LogP contribution is -2.30. The van der Waals surface area contributed by atoms with E-state index < -0.39 is 0 Å². The molecule has 0 radical (unpaired) electrons. The number of benzene rings is 1. The van der Waals surface area contributed by atoms with Crippen LogP contribution < -0.4 is 5.32 Å². The van der Waals surface area contributed by atoms with Crippen molar-refractivity contribution in [3.05, 3.63) is 35.9 Å². The molecule has 0 bridgehead atoms. The van der Waals surface area contributed by atoms with Gasteiger partial charge in [-0.25, -0.2) is 0 Å². The molecule has 3 nitrogen and oxygen atoms in total. The number of hydrogen-bond donors (Lipinski definition) is 1. The Hall–Kier alpha value is -1.29. The third-order valence-corrected chi connectivity index (χ3v) is 4.11. The lowest BCUT2D eigenvalue weighted by Gasteiger charge is -2.16. The Morgan fingerprint density at radius 1 is 1.33 bits per heavy atom. The quantitative estimate of drug-likeness (QED) is 0.857. The normalized spacial score (nSPS) is 16.1. The van der Waals surface area contributed by atoms with Crippen molar-refractivity contribution >= 4 is 23.5 Å². The highest BCUT2D eigenvalue weighted by Crippen LogP contribution is 2.30. The van der Waals surface area contributed by atoms with Gasteiger partial charge in [0.15, 0.2) is 0 Å². The SMILES string of the molecule is CC(=O)CS[C@@H](C(=O)NC1CC1)c1ccccc1. The van der Waals surface area contributed by atoms with Gasteiger partial charge in [0.1, 0.15) is 11.0 Å². The zero-order valence-corrected chi connectivity index (χ0v) is 11.2. The maximum Gasteiger partial charge on any atom is 0.237 e. The number of hydrogen-bond acceptors (Lipinski definition) is 3. The Kier molecular flexibility index (Phi) is 4.42. The fraction of sp³-hybridized carbons (Fsp3) is 0.429. The van der Waals surface area contributed by atoms with Crippen molar-refractivity contribution in [3.63, 3.8) is 0 Å². The van der Waals surface area contributed by atoms with Gasteiger partial charge < -0.3 is 5.32 Å². The summed E-state index contributed by atoms with van der Waals surface area (Å²) in [5.41, 5.74) is 0.960. The molecule has 0 aromatic heterocycles. The molecule has 1 aliphatic rings. The van der Waals surface area contributed by atoms with Gasteiger partial charge in [0, 0.05) is 6.04 Å². The number of ketones is 1. The second-order valence-corrected chi connectivity index (χ2v) is 5.68. The molecule has 1 aliphatic carbocycles. The van der Waals surface area contributed by atoms with Gasteiger partial charge in [0.2, 0.25) is 5.91 Å². The summed E-state index contributed by atoms with van der Waals surface area (Å²) in [6.45, 7) is 1.55. The topological polar surface area (TPSA) is 46.2 Å². The van der Waals surface area contributed by atoms with Gasteiger partial charge in [-0.15, -0.1) is 11.8 Å². The summed E-state index contributed by atoms with van der Waals surface area (Å²) in [5.74, 6) is 0.493. The summed E-state index contributed by atoms with van der Waals surface area (Å²) >= 11 is 1.40. The third kappa shape index (κ3) is 3.88. The molecule has 1 atom stereocenters. The van der Waals surface area contributed by atoms with Crippen molar-refractivity contribution in [1.29, 1.82) is 0 Å². The van der Waals surface area contributed by atoms with Gasteiger partial charge in [-0.1, -0.05) is 30.3 Å². The third-order valence-electron chi connectivity index (χ3n) is 2.72. The van der Waals surface area contributed by atoms with Crippen LogP contribution in [-0.4, -0.2) is 23.5 Å². The molecule has 18 heavy (non-hydrogen) atoms. The van der Waals surface area contributed by atoms with Crippen LogP contribution in [0.25, 0.3) is 0 Å². The van der Waals surface area contributed by atoms with Crippen LogP contribution in [0.5, 0.6) is 0 Å². The fourth-order valence-corrected chi connectivity index (χ4v) is 2.63. The Morgan fingerprint density at radius 2 is 2.00 bits per heavy atom. The molecule has 1 amide bonds. The standard InChI is InChI=1S/C14H17NO2S/c1-10(16)9-18-13(11-5-3-2-4-6-11)14(17)15-12-7-8-12/h2-6,12-13H,7-9H2,1H3,(H,15,17)/t13-/m1/s1. The number of carbonyl (C=O) groups excluding carboxylic acids is 2. The first kappa shape index (κ1) is 13.1. The molecule has 4 heteroatoms. The van der Waals surface area contributed by atoms with Crippen molar-refractivity contribution in [2.45, 2.75) is 31.1 Å². The lowest BCUT2D eigenvalue weighted by molar-refractivity contribution is -0.120. The number of rotatable bonds is 6. The van der Waals surface area contributed by atoms with Crippen molar-refractivity contribution in [2.24, 2.45) is 0 Å². The summed E-state index contributed by atoms with van der Waals surface area (Å²) in [4.78, 5) is 23.2. The first-order chi connectivity index (χ1) is 8.66.